The monoisotopic (exact) mass is 127 g/mol. The Balaban J connectivity index is 0. The molecule has 0 aliphatic rings. The fourth-order valence-electron chi connectivity index (χ4n) is 0.137. The molecule has 0 unspecified atom stereocenters. The van der Waals surface area contributed by atoms with Gasteiger partial charge in [-0.2, -0.15) is 5.26 Å². The molecule has 0 amide bonds. The van der Waals surface area contributed by atoms with E-state index in [0.29, 0.717) is 5.84 Å². The van der Waals surface area contributed by atoms with Crippen LogP contribution in [0.5, 0.6) is 0 Å². The summed E-state index contributed by atoms with van der Waals surface area (Å²) in [6.45, 7) is 5.73. The fraction of sp³-hybridized carbons (Fsp3) is 0.667. The second-order valence-electron chi connectivity index (χ2n) is 1.05. The summed E-state index contributed by atoms with van der Waals surface area (Å²) >= 11 is 0. The van der Waals surface area contributed by atoms with Gasteiger partial charge >= 0.3 is 0 Å². The van der Waals surface area contributed by atoms with E-state index in [4.69, 9.17) is 5.26 Å². The van der Waals surface area contributed by atoms with Crippen LogP contribution in [-0.2, 0) is 0 Å². The minimum absolute atomic E-state index is 0.641. The maximum Gasteiger partial charge on any atom is 0.182 e. The first-order chi connectivity index (χ1) is 4.31. The predicted molar refractivity (Wildman–Crippen MR) is 39.1 cm³/mol. The van der Waals surface area contributed by atoms with Gasteiger partial charge in [-0.3, -0.25) is 10.3 Å². The molecule has 0 saturated carbocycles. The number of nitrogens with one attached hydrogen (secondary N) is 1. The molecular weight excluding hydrogens is 114 g/mol. The quantitative estimate of drug-likeness (QED) is 0.229. The molecule has 0 bridgehead atoms. The van der Waals surface area contributed by atoms with Crippen LogP contribution in [0, 0.1) is 11.5 Å². The summed E-state index contributed by atoms with van der Waals surface area (Å²) in [7, 11) is 1.62. The van der Waals surface area contributed by atoms with Gasteiger partial charge in [-0.25, -0.2) is 0 Å². The van der Waals surface area contributed by atoms with Crippen molar-refractivity contribution in [3.8, 4) is 6.19 Å². The van der Waals surface area contributed by atoms with E-state index in [0.717, 1.165) is 0 Å². The second-order valence-corrected chi connectivity index (χ2v) is 1.05. The Morgan fingerprint density at radius 3 is 2.11 bits per heavy atom. The van der Waals surface area contributed by atoms with Crippen molar-refractivity contribution < 1.29 is 0 Å². The second kappa shape index (κ2) is 10.0. The normalized spacial score (nSPS) is 8.56. The molecule has 0 saturated heterocycles. The number of amidine groups is 1. The Morgan fingerprint density at radius 2 is 2.00 bits per heavy atom. The standard InChI is InChI=1S/C4H7N3.C2H6/c1-4(6-2)7-3-5;1-2/h1-2H3,(H,6,7);1-2H3. The average Bonchev–Trinajstić information content (AvgIpc) is 1.93. The van der Waals surface area contributed by atoms with Gasteiger partial charge in [-0.1, -0.05) is 13.8 Å². The van der Waals surface area contributed by atoms with Crippen LogP contribution in [0.4, 0.5) is 0 Å². The van der Waals surface area contributed by atoms with Gasteiger partial charge in [0.2, 0.25) is 0 Å². The topological polar surface area (TPSA) is 48.2 Å². The van der Waals surface area contributed by atoms with E-state index in [1.54, 1.807) is 20.2 Å². The zero-order valence-electron chi connectivity index (χ0n) is 6.39. The lowest BCUT2D eigenvalue weighted by Gasteiger charge is -1.86. The van der Waals surface area contributed by atoms with Gasteiger partial charge in [-0.05, 0) is 6.92 Å². The summed E-state index contributed by atoms with van der Waals surface area (Å²) in [5.41, 5.74) is 0. The number of nitrogens with zero attached hydrogens (tertiary/aromatic N) is 2. The Morgan fingerprint density at radius 1 is 1.56 bits per heavy atom. The third-order valence-corrected chi connectivity index (χ3v) is 0.572. The van der Waals surface area contributed by atoms with E-state index in [9.17, 15) is 0 Å². The maximum absolute atomic E-state index is 7.93. The smallest absolute Gasteiger partial charge is 0.182 e. The summed E-state index contributed by atoms with van der Waals surface area (Å²) in [5.74, 6) is 0.641. The first kappa shape index (κ1) is 10.9. The van der Waals surface area contributed by atoms with Crippen LogP contribution in [-0.4, -0.2) is 12.9 Å². The Labute approximate surface area is 56.4 Å². The van der Waals surface area contributed by atoms with Gasteiger partial charge in [0.25, 0.3) is 0 Å². The van der Waals surface area contributed by atoms with Crippen molar-refractivity contribution in [3.63, 3.8) is 0 Å². The molecule has 0 aromatic carbocycles. The lowest BCUT2D eigenvalue weighted by molar-refractivity contribution is 1.21. The molecule has 9 heavy (non-hydrogen) atoms. The average molecular weight is 127 g/mol. The highest BCUT2D eigenvalue weighted by Crippen LogP contribution is 1.61. The number of hydrogen-bond acceptors (Lipinski definition) is 2. The molecule has 0 aromatic rings. The summed E-state index contributed by atoms with van der Waals surface area (Å²) in [6, 6.07) is 0. The first-order valence-corrected chi connectivity index (χ1v) is 2.89. The molecule has 52 valence electrons. The highest BCUT2D eigenvalue weighted by Gasteiger charge is 1.77. The number of hydrogen-bond donors (Lipinski definition) is 1. The molecule has 0 spiro atoms. The third kappa shape index (κ3) is 10.9. The van der Waals surface area contributed by atoms with Crippen molar-refractivity contribution in [2.24, 2.45) is 4.99 Å². The first-order valence-electron chi connectivity index (χ1n) is 2.89. The molecule has 3 heteroatoms. The van der Waals surface area contributed by atoms with Crippen molar-refractivity contribution in [1.82, 2.24) is 5.32 Å². The van der Waals surface area contributed by atoms with Crippen LogP contribution in [0.3, 0.4) is 0 Å². The van der Waals surface area contributed by atoms with Gasteiger partial charge in [0.1, 0.15) is 5.84 Å². The van der Waals surface area contributed by atoms with Crippen molar-refractivity contribution >= 4 is 5.84 Å². The molecule has 0 aliphatic heterocycles. The van der Waals surface area contributed by atoms with E-state index in [2.05, 4.69) is 10.3 Å². The highest BCUT2D eigenvalue weighted by molar-refractivity contribution is 5.80. The van der Waals surface area contributed by atoms with E-state index >= 15 is 0 Å². The molecule has 0 aromatic heterocycles. The van der Waals surface area contributed by atoms with Crippen molar-refractivity contribution in [2.45, 2.75) is 20.8 Å². The molecule has 0 radical (unpaired) electrons. The van der Waals surface area contributed by atoms with Crippen LogP contribution >= 0.6 is 0 Å². The lowest BCUT2D eigenvalue weighted by atomic mass is 10.7. The van der Waals surface area contributed by atoms with E-state index in [-0.39, 0.29) is 0 Å². The van der Waals surface area contributed by atoms with E-state index in [1.807, 2.05) is 13.8 Å². The third-order valence-electron chi connectivity index (χ3n) is 0.572. The number of rotatable bonds is 0. The van der Waals surface area contributed by atoms with Crippen LogP contribution in [0.15, 0.2) is 4.99 Å². The van der Waals surface area contributed by atoms with Crippen molar-refractivity contribution in [1.29, 1.82) is 5.26 Å². The van der Waals surface area contributed by atoms with Crippen molar-refractivity contribution in [3.05, 3.63) is 0 Å². The SMILES string of the molecule is CC.CN=C(C)NC#N. The minimum atomic E-state index is 0.641. The van der Waals surface area contributed by atoms with E-state index < -0.39 is 0 Å². The summed E-state index contributed by atoms with van der Waals surface area (Å²) < 4.78 is 0. The summed E-state index contributed by atoms with van der Waals surface area (Å²) in [6.07, 6.45) is 1.74. The fourth-order valence-corrected chi connectivity index (χ4v) is 0.137. The summed E-state index contributed by atoms with van der Waals surface area (Å²) in [4.78, 5) is 3.66. The minimum Gasteiger partial charge on any atom is -0.281 e. The van der Waals surface area contributed by atoms with Crippen LogP contribution < -0.4 is 5.32 Å². The highest BCUT2D eigenvalue weighted by atomic mass is 15.0. The molecule has 0 atom stereocenters. The molecule has 0 heterocycles. The Bertz CT molecular complexity index is 110. The van der Waals surface area contributed by atoms with Gasteiger partial charge in [0.05, 0.1) is 0 Å². The van der Waals surface area contributed by atoms with Gasteiger partial charge in [0.15, 0.2) is 6.19 Å². The molecule has 0 rings (SSSR count). The zero-order chi connectivity index (χ0) is 7.70. The lowest BCUT2D eigenvalue weighted by Crippen LogP contribution is -2.12. The Kier molecular flexibility index (Phi) is 12.1. The molecule has 0 aliphatic carbocycles. The molecule has 0 fully saturated rings. The Hall–Kier alpha value is -1.04. The van der Waals surface area contributed by atoms with Crippen LogP contribution in [0.1, 0.15) is 20.8 Å². The molecule has 1 N–H and O–H groups in total. The molecular formula is C6H13N3. The summed E-state index contributed by atoms with van der Waals surface area (Å²) in [5, 5.41) is 10.3. The predicted octanol–water partition coefficient (Wildman–Crippen LogP) is 1.13. The number of aliphatic imine (C=N–C) groups is 1. The van der Waals surface area contributed by atoms with Gasteiger partial charge in [0, 0.05) is 7.05 Å². The maximum atomic E-state index is 7.93. The largest absolute Gasteiger partial charge is 0.281 e. The van der Waals surface area contributed by atoms with Crippen LogP contribution in [0.2, 0.25) is 0 Å². The van der Waals surface area contributed by atoms with Gasteiger partial charge in [-0.15, -0.1) is 0 Å². The number of nitriles is 1. The van der Waals surface area contributed by atoms with E-state index in [1.165, 1.54) is 0 Å². The molecule has 3 nitrogen and oxygen atoms in total. The van der Waals surface area contributed by atoms with Crippen molar-refractivity contribution in [2.75, 3.05) is 7.05 Å². The van der Waals surface area contributed by atoms with Crippen LogP contribution in [0.25, 0.3) is 0 Å². The zero-order valence-corrected chi connectivity index (χ0v) is 6.39. The van der Waals surface area contributed by atoms with Gasteiger partial charge < -0.3 is 0 Å².